The number of anilines is 2. The summed E-state index contributed by atoms with van der Waals surface area (Å²) in [5.41, 5.74) is 1.89. The molecule has 5 unspecified atom stereocenters. The van der Waals surface area contributed by atoms with Gasteiger partial charge in [-0.05, 0) is 44.0 Å². The molecule has 1 aromatic rings. The van der Waals surface area contributed by atoms with Crippen molar-refractivity contribution >= 4 is 11.4 Å². The number of nitrogens with one attached hydrogen (secondary N) is 1. The normalized spacial score (nSPS) is 31.9. The van der Waals surface area contributed by atoms with Crippen LogP contribution >= 0.6 is 0 Å². The van der Waals surface area contributed by atoms with Crippen molar-refractivity contribution in [2.75, 3.05) is 10.5 Å². The molecule has 1 aliphatic rings. The topological polar surface area (TPSA) is 128 Å². The lowest BCUT2D eigenvalue weighted by Crippen LogP contribution is -2.58. The van der Waals surface area contributed by atoms with Crippen LogP contribution in [0.25, 0.3) is 0 Å². The Kier molecular flexibility index (Phi) is 4.90. The molecule has 0 aromatic heterocycles. The van der Waals surface area contributed by atoms with Crippen molar-refractivity contribution in [3.8, 4) is 0 Å². The molecule has 22 heavy (non-hydrogen) atoms. The Labute approximate surface area is 128 Å². The largest absolute Gasteiger partial charge is 0.733 e. The SMILES string of the molecule is Cc1cc(NC2OC(C)C(O)C(O)C2O)c(N([O-])O)cc1C. The molecular weight excluding hydrogens is 292 g/mol. The van der Waals surface area contributed by atoms with E-state index in [1.807, 2.05) is 6.92 Å². The van der Waals surface area contributed by atoms with Crippen molar-refractivity contribution in [3.05, 3.63) is 28.5 Å². The zero-order chi connectivity index (χ0) is 16.6. The van der Waals surface area contributed by atoms with Crippen molar-refractivity contribution in [1.29, 1.82) is 0 Å². The van der Waals surface area contributed by atoms with Crippen LogP contribution in [-0.2, 0) is 4.74 Å². The van der Waals surface area contributed by atoms with Gasteiger partial charge in [0.1, 0.15) is 18.3 Å². The Balaban J connectivity index is 2.28. The molecule has 1 saturated heterocycles. The van der Waals surface area contributed by atoms with Gasteiger partial charge < -0.3 is 35.8 Å². The van der Waals surface area contributed by atoms with Crippen LogP contribution in [-0.4, -0.2) is 51.2 Å². The highest BCUT2D eigenvalue weighted by Gasteiger charge is 2.41. The average Bonchev–Trinajstić information content (AvgIpc) is 2.45. The molecule has 0 spiro atoms. The Morgan fingerprint density at radius 3 is 2.27 bits per heavy atom. The number of nitrogens with zero attached hydrogens (tertiary/aromatic N) is 1. The quantitative estimate of drug-likeness (QED) is 0.502. The first-order valence-electron chi connectivity index (χ1n) is 6.96. The minimum atomic E-state index is -1.39. The second-order valence-corrected chi connectivity index (χ2v) is 5.60. The van der Waals surface area contributed by atoms with E-state index in [0.717, 1.165) is 11.1 Å². The van der Waals surface area contributed by atoms with Crippen LogP contribution in [0.4, 0.5) is 11.4 Å². The maximum atomic E-state index is 11.3. The van der Waals surface area contributed by atoms with Gasteiger partial charge in [-0.25, -0.2) is 0 Å². The van der Waals surface area contributed by atoms with Crippen LogP contribution in [0.2, 0.25) is 0 Å². The number of ether oxygens (including phenoxy) is 1. The molecule has 124 valence electrons. The lowest BCUT2D eigenvalue weighted by Gasteiger charge is -2.40. The fourth-order valence-corrected chi connectivity index (χ4v) is 2.40. The summed E-state index contributed by atoms with van der Waals surface area (Å²) in [5, 5.41) is 52.4. The van der Waals surface area contributed by atoms with E-state index < -0.39 is 30.6 Å². The Hall–Kier alpha value is -1.42. The Morgan fingerprint density at radius 1 is 1.09 bits per heavy atom. The monoisotopic (exact) mass is 313 g/mol. The fourth-order valence-electron chi connectivity index (χ4n) is 2.40. The van der Waals surface area contributed by atoms with E-state index in [9.17, 15) is 25.7 Å². The predicted molar refractivity (Wildman–Crippen MR) is 79.5 cm³/mol. The van der Waals surface area contributed by atoms with Crippen molar-refractivity contribution in [2.24, 2.45) is 0 Å². The first kappa shape index (κ1) is 16.9. The van der Waals surface area contributed by atoms with Crippen LogP contribution in [0.1, 0.15) is 18.1 Å². The van der Waals surface area contributed by atoms with Gasteiger partial charge in [0.2, 0.25) is 0 Å². The number of benzene rings is 1. The van der Waals surface area contributed by atoms with E-state index in [1.54, 1.807) is 19.9 Å². The molecule has 1 heterocycles. The van der Waals surface area contributed by atoms with Crippen molar-refractivity contribution in [2.45, 2.75) is 51.4 Å². The zero-order valence-electron chi connectivity index (χ0n) is 12.6. The minimum absolute atomic E-state index is 0.0350. The number of aliphatic hydroxyl groups is 3. The maximum absolute atomic E-state index is 11.3. The summed E-state index contributed by atoms with van der Waals surface area (Å²) in [7, 11) is 0. The fraction of sp³-hybridized carbons (Fsp3) is 0.571. The summed E-state index contributed by atoms with van der Waals surface area (Å²) in [6.45, 7) is 5.18. The van der Waals surface area contributed by atoms with Crippen LogP contribution in [0.5, 0.6) is 0 Å². The van der Waals surface area contributed by atoms with Crippen molar-refractivity contribution < 1.29 is 25.3 Å². The number of hydrogen-bond acceptors (Lipinski definition) is 8. The van der Waals surface area contributed by atoms with Gasteiger partial charge in [0.25, 0.3) is 0 Å². The summed E-state index contributed by atoms with van der Waals surface area (Å²) >= 11 is 0. The van der Waals surface area contributed by atoms with E-state index >= 15 is 0 Å². The lowest BCUT2D eigenvalue weighted by molar-refractivity contribution is -0.209. The molecule has 5 N–H and O–H groups in total. The molecular formula is C14H21N2O6-. The molecule has 1 fully saturated rings. The Bertz CT molecular complexity index is 538. The van der Waals surface area contributed by atoms with Crippen LogP contribution in [0.15, 0.2) is 12.1 Å². The average molecular weight is 313 g/mol. The summed E-state index contributed by atoms with van der Waals surface area (Å²) in [6.07, 6.45) is -5.72. The summed E-state index contributed by atoms with van der Waals surface area (Å²) < 4.78 is 5.42. The third-order valence-electron chi connectivity index (χ3n) is 3.97. The zero-order valence-corrected chi connectivity index (χ0v) is 12.6. The molecule has 0 saturated carbocycles. The molecule has 0 bridgehead atoms. The minimum Gasteiger partial charge on any atom is -0.733 e. The molecule has 8 nitrogen and oxygen atoms in total. The third kappa shape index (κ3) is 3.17. The highest BCUT2D eigenvalue weighted by Crippen LogP contribution is 2.31. The third-order valence-corrected chi connectivity index (χ3v) is 3.97. The van der Waals surface area contributed by atoms with Gasteiger partial charge in [-0.1, -0.05) is 0 Å². The summed E-state index contributed by atoms with van der Waals surface area (Å²) in [6, 6.07) is 3.12. The van der Waals surface area contributed by atoms with E-state index in [-0.39, 0.29) is 16.6 Å². The number of aliphatic hydroxyl groups excluding tert-OH is 3. The van der Waals surface area contributed by atoms with Gasteiger partial charge in [-0.2, -0.15) is 0 Å². The van der Waals surface area contributed by atoms with Crippen LogP contribution < -0.4 is 10.5 Å². The van der Waals surface area contributed by atoms with Crippen LogP contribution in [0.3, 0.4) is 0 Å². The number of aryl methyl sites for hydroxylation is 2. The van der Waals surface area contributed by atoms with Gasteiger partial charge in [-0.3, -0.25) is 5.21 Å². The molecule has 8 heteroatoms. The molecule has 0 amide bonds. The van der Waals surface area contributed by atoms with Gasteiger partial charge >= 0.3 is 0 Å². The van der Waals surface area contributed by atoms with Gasteiger partial charge in [-0.15, -0.1) is 0 Å². The molecule has 0 radical (unpaired) electrons. The molecule has 1 aromatic carbocycles. The highest BCUT2D eigenvalue weighted by atomic mass is 16.8. The second-order valence-electron chi connectivity index (χ2n) is 5.60. The van der Waals surface area contributed by atoms with E-state index in [4.69, 9.17) is 4.74 Å². The Morgan fingerprint density at radius 2 is 1.68 bits per heavy atom. The standard InChI is InChI=1S/C14H21N2O6/c1-6-4-9(10(16(20)21)5-7(6)2)15-14-13(19)12(18)11(17)8(3)22-14/h4-5,8,11-15,17-20H,1-3H3/q-1. The van der Waals surface area contributed by atoms with E-state index in [1.165, 1.54) is 6.07 Å². The first-order valence-corrected chi connectivity index (χ1v) is 6.96. The predicted octanol–water partition coefficient (Wildman–Crippen LogP) is 0.236. The summed E-state index contributed by atoms with van der Waals surface area (Å²) in [5.74, 6) is 0. The van der Waals surface area contributed by atoms with E-state index in [2.05, 4.69) is 5.32 Å². The maximum Gasteiger partial charge on any atom is 0.157 e. The van der Waals surface area contributed by atoms with Gasteiger partial charge in [0.15, 0.2) is 6.23 Å². The molecule has 2 rings (SSSR count). The van der Waals surface area contributed by atoms with Gasteiger partial charge in [0.05, 0.1) is 17.5 Å². The number of hydrogen-bond donors (Lipinski definition) is 5. The lowest BCUT2D eigenvalue weighted by atomic mass is 9.98. The van der Waals surface area contributed by atoms with Crippen molar-refractivity contribution in [1.82, 2.24) is 0 Å². The molecule has 5 atom stereocenters. The number of rotatable bonds is 3. The van der Waals surface area contributed by atoms with Crippen LogP contribution in [0, 0.1) is 19.1 Å². The summed E-state index contributed by atoms with van der Waals surface area (Å²) in [4.78, 5) is 0. The van der Waals surface area contributed by atoms with E-state index in [0.29, 0.717) is 0 Å². The second kappa shape index (κ2) is 6.37. The van der Waals surface area contributed by atoms with Gasteiger partial charge in [0, 0.05) is 0 Å². The molecule has 0 aliphatic carbocycles. The van der Waals surface area contributed by atoms with Crippen molar-refractivity contribution in [3.63, 3.8) is 0 Å². The highest BCUT2D eigenvalue weighted by molar-refractivity contribution is 5.71. The first-order chi connectivity index (χ1) is 10.2. The smallest absolute Gasteiger partial charge is 0.157 e. The molecule has 1 aliphatic heterocycles.